The fraction of sp³-hybridized carbons (Fsp3) is 0.600. The van der Waals surface area contributed by atoms with Crippen LogP contribution in [-0.2, 0) is 9.78 Å². The van der Waals surface area contributed by atoms with Gasteiger partial charge in [-0.2, -0.15) is 9.78 Å². The van der Waals surface area contributed by atoms with Gasteiger partial charge < -0.3 is 0 Å². The molecular weight excluding hydrogens is 392 g/mol. The van der Waals surface area contributed by atoms with Crippen LogP contribution in [0, 0.1) is 0 Å². The SMILES string of the molecule is CC(C)=CCC/C(C)=C/CC/C(C)=C/CC/C=C(\C)CC/C=C(\C)CC/C=C(\C)C1OO1. The van der Waals surface area contributed by atoms with E-state index in [0.717, 1.165) is 38.5 Å². The molecule has 0 unspecified atom stereocenters. The first-order chi connectivity index (χ1) is 15.3. The first kappa shape index (κ1) is 28.4. The Morgan fingerprint density at radius 3 is 1.19 bits per heavy atom. The third-order valence-corrected chi connectivity index (χ3v) is 5.88. The van der Waals surface area contributed by atoms with Gasteiger partial charge in [0.1, 0.15) is 0 Å². The first-order valence-corrected chi connectivity index (χ1v) is 12.5. The van der Waals surface area contributed by atoms with Gasteiger partial charge in [-0.25, -0.2) is 0 Å². The molecule has 1 saturated heterocycles. The molecule has 0 spiro atoms. The van der Waals surface area contributed by atoms with Crippen LogP contribution in [0.25, 0.3) is 0 Å². The van der Waals surface area contributed by atoms with Crippen LogP contribution in [-0.4, -0.2) is 6.29 Å². The van der Waals surface area contributed by atoms with E-state index in [0.29, 0.717) is 0 Å². The smallest absolute Gasteiger partial charge is 0.193 e. The van der Waals surface area contributed by atoms with Crippen molar-refractivity contribution in [1.29, 1.82) is 0 Å². The van der Waals surface area contributed by atoms with E-state index in [1.807, 2.05) is 0 Å². The van der Waals surface area contributed by atoms with Crippen LogP contribution in [0.5, 0.6) is 0 Å². The molecule has 32 heavy (non-hydrogen) atoms. The summed E-state index contributed by atoms with van der Waals surface area (Å²) in [5.74, 6) is 0. The Kier molecular flexibility index (Phi) is 15.0. The van der Waals surface area contributed by atoms with Crippen molar-refractivity contribution in [2.75, 3.05) is 0 Å². The van der Waals surface area contributed by atoms with Crippen molar-refractivity contribution in [3.05, 3.63) is 69.9 Å². The van der Waals surface area contributed by atoms with Crippen LogP contribution in [0.15, 0.2) is 69.9 Å². The predicted octanol–water partition coefficient (Wildman–Crippen LogP) is 9.87. The fourth-order valence-corrected chi connectivity index (χ4v) is 3.55. The molecule has 0 amide bonds. The molecule has 0 aromatic heterocycles. The third-order valence-electron chi connectivity index (χ3n) is 5.88. The molecule has 0 radical (unpaired) electrons. The van der Waals surface area contributed by atoms with E-state index in [-0.39, 0.29) is 6.29 Å². The Labute approximate surface area is 198 Å². The summed E-state index contributed by atoms with van der Waals surface area (Å²) < 4.78 is 0. The molecule has 0 atom stereocenters. The van der Waals surface area contributed by atoms with Crippen molar-refractivity contribution in [3.8, 4) is 0 Å². The largest absolute Gasteiger partial charge is 0.245 e. The number of allylic oxidation sites excluding steroid dienone is 11. The van der Waals surface area contributed by atoms with Crippen LogP contribution in [0.3, 0.4) is 0 Å². The molecule has 1 aliphatic heterocycles. The molecule has 1 rings (SSSR count). The van der Waals surface area contributed by atoms with Gasteiger partial charge in [0.2, 0.25) is 6.29 Å². The molecule has 0 bridgehead atoms. The molecule has 0 aromatic carbocycles. The van der Waals surface area contributed by atoms with Crippen molar-refractivity contribution in [2.24, 2.45) is 0 Å². The Hall–Kier alpha value is -1.64. The van der Waals surface area contributed by atoms with Crippen LogP contribution in [0.2, 0.25) is 0 Å². The van der Waals surface area contributed by atoms with Gasteiger partial charge in [0.25, 0.3) is 0 Å². The molecule has 0 N–H and O–H groups in total. The second kappa shape index (κ2) is 16.9. The summed E-state index contributed by atoms with van der Waals surface area (Å²) in [7, 11) is 0. The van der Waals surface area contributed by atoms with Crippen LogP contribution < -0.4 is 0 Å². The van der Waals surface area contributed by atoms with Gasteiger partial charge in [0.05, 0.1) is 0 Å². The lowest BCUT2D eigenvalue weighted by Gasteiger charge is -2.02. The molecule has 180 valence electrons. The molecule has 1 heterocycles. The van der Waals surface area contributed by atoms with E-state index < -0.39 is 0 Å². The number of hydrogen-bond acceptors (Lipinski definition) is 2. The maximum Gasteiger partial charge on any atom is 0.245 e. The van der Waals surface area contributed by atoms with Gasteiger partial charge in [-0.3, -0.25) is 0 Å². The van der Waals surface area contributed by atoms with Crippen molar-refractivity contribution >= 4 is 0 Å². The standard InChI is InChI=1S/C30H48O2/c1-24(2)14-10-17-27(5)20-11-18-25(3)15-8-9-16-26(4)19-12-21-28(6)22-13-23-29(7)30-31-32-30/h14-16,20-21,23,30H,8-13,17-19,22H2,1-7H3/b25-15+,26-16+,27-20+,28-21+,29-23+. The summed E-state index contributed by atoms with van der Waals surface area (Å²) in [5, 5.41) is 0. The number of unbranched alkanes of at least 4 members (excludes halogenated alkanes) is 1. The maximum atomic E-state index is 4.82. The quantitative estimate of drug-likeness (QED) is 0.103. The van der Waals surface area contributed by atoms with E-state index in [4.69, 9.17) is 9.78 Å². The Morgan fingerprint density at radius 1 is 0.469 bits per heavy atom. The lowest BCUT2D eigenvalue weighted by molar-refractivity contribution is 0.0850. The zero-order valence-corrected chi connectivity index (χ0v) is 21.9. The Balaban J connectivity index is 2.16. The van der Waals surface area contributed by atoms with Gasteiger partial charge in [0.15, 0.2) is 0 Å². The minimum atomic E-state index is -0.0747. The molecular formula is C30H48O2. The minimum absolute atomic E-state index is 0.0747. The maximum absolute atomic E-state index is 4.82. The average molecular weight is 441 g/mol. The van der Waals surface area contributed by atoms with E-state index in [1.54, 1.807) is 0 Å². The molecule has 0 aromatic rings. The van der Waals surface area contributed by atoms with Crippen molar-refractivity contribution < 1.29 is 9.78 Å². The highest BCUT2D eigenvalue weighted by Gasteiger charge is 2.26. The van der Waals surface area contributed by atoms with E-state index >= 15 is 0 Å². The van der Waals surface area contributed by atoms with E-state index in [2.05, 4.69) is 84.9 Å². The summed E-state index contributed by atoms with van der Waals surface area (Å²) >= 11 is 0. The molecule has 1 fully saturated rings. The van der Waals surface area contributed by atoms with Gasteiger partial charge in [-0.15, -0.1) is 0 Å². The highest BCUT2D eigenvalue weighted by atomic mass is 17.4. The highest BCUT2D eigenvalue weighted by Crippen LogP contribution is 2.22. The van der Waals surface area contributed by atoms with Gasteiger partial charge in [-0.05, 0) is 118 Å². The first-order valence-electron chi connectivity index (χ1n) is 12.5. The molecule has 2 nitrogen and oxygen atoms in total. The number of hydrogen-bond donors (Lipinski definition) is 0. The zero-order valence-electron chi connectivity index (χ0n) is 21.9. The van der Waals surface area contributed by atoms with Gasteiger partial charge in [0, 0.05) is 0 Å². The van der Waals surface area contributed by atoms with Crippen molar-refractivity contribution in [3.63, 3.8) is 0 Å². The summed E-state index contributed by atoms with van der Waals surface area (Å²) in [4.78, 5) is 9.64. The minimum Gasteiger partial charge on any atom is -0.193 e. The molecule has 0 aliphatic carbocycles. The molecule has 1 aliphatic rings. The van der Waals surface area contributed by atoms with Crippen LogP contribution >= 0.6 is 0 Å². The highest BCUT2D eigenvalue weighted by molar-refractivity contribution is 5.09. The fourth-order valence-electron chi connectivity index (χ4n) is 3.55. The van der Waals surface area contributed by atoms with Crippen LogP contribution in [0.4, 0.5) is 0 Å². The summed E-state index contributed by atoms with van der Waals surface area (Å²) in [6.07, 6.45) is 25.6. The van der Waals surface area contributed by atoms with Gasteiger partial charge >= 0.3 is 0 Å². The lowest BCUT2D eigenvalue weighted by atomic mass is 10.0. The van der Waals surface area contributed by atoms with E-state index in [9.17, 15) is 0 Å². The van der Waals surface area contributed by atoms with Crippen molar-refractivity contribution in [1.82, 2.24) is 0 Å². The summed E-state index contributed by atoms with van der Waals surface area (Å²) in [6.45, 7) is 15.5. The third kappa shape index (κ3) is 16.1. The summed E-state index contributed by atoms with van der Waals surface area (Å²) in [6, 6.07) is 0. The predicted molar refractivity (Wildman–Crippen MR) is 140 cm³/mol. The Bertz CT molecular complexity index is 720. The topological polar surface area (TPSA) is 25.1 Å². The number of rotatable bonds is 16. The summed E-state index contributed by atoms with van der Waals surface area (Å²) in [5.41, 5.74) is 8.62. The Morgan fingerprint density at radius 2 is 0.812 bits per heavy atom. The zero-order chi connectivity index (χ0) is 23.8. The monoisotopic (exact) mass is 440 g/mol. The average Bonchev–Trinajstić information content (AvgIpc) is 3.56. The van der Waals surface area contributed by atoms with Crippen molar-refractivity contribution in [2.45, 2.75) is 119 Å². The normalized spacial score (nSPS) is 16.5. The second-order valence-electron chi connectivity index (χ2n) is 9.69. The second-order valence-corrected chi connectivity index (χ2v) is 9.69. The van der Waals surface area contributed by atoms with E-state index in [1.165, 1.54) is 59.1 Å². The lowest BCUT2D eigenvalue weighted by Crippen LogP contribution is -1.86. The molecule has 0 saturated carbocycles. The molecule has 2 heteroatoms. The van der Waals surface area contributed by atoms with Gasteiger partial charge in [-0.1, -0.05) is 64.3 Å². The van der Waals surface area contributed by atoms with Crippen LogP contribution in [0.1, 0.15) is 113 Å².